The van der Waals surface area contributed by atoms with Crippen molar-refractivity contribution in [1.29, 1.82) is 0 Å². The van der Waals surface area contributed by atoms with Gasteiger partial charge in [-0.15, -0.1) is 0 Å². The molecule has 0 heterocycles. The van der Waals surface area contributed by atoms with Gasteiger partial charge in [0.25, 0.3) is 0 Å². The molecule has 0 aromatic heterocycles. The number of rotatable bonds is 16. The normalized spacial score (nSPS) is 10.9. The maximum atomic E-state index is 12.7. The van der Waals surface area contributed by atoms with Crippen LogP contribution in [0.2, 0.25) is 0 Å². The topological polar surface area (TPSA) is 35.5 Å². The Morgan fingerprint density at radius 2 is 1.09 bits per heavy atom. The third-order valence-electron chi connectivity index (χ3n) is 6.20. The number of carbonyl (C=O) groups is 1. The minimum atomic E-state index is -0.451. The highest BCUT2D eigenvalue weighted by molar-refractivity contribution is 9.09. The minimum Gasteiger partial charge on any atom is -0.293 e. The standard InChI is InChI=1S/C31H37BrO3/c32-24-14-7-5-3-1-2-4-6-8-15-25-34-35-31(33)30-19-13-12-18-29(30)28-22-20-27(21-23-28)26-16-10-9-11-17-26/h9-13,16-23H,1-8,14-15,24-25H2. The third kappa shape index (κ3) is 9.62. The van der Waals surface area contributed by atoms with Gasteiger partial charge < -0.3 is 0 Å². The molecule has 3 aromatic carbocycles. The summed E-state index contributed by atoms with van der Waals surface area (Å²) in [5.74, 6) is -0.451. The fourth-order valence-corrected chi connectivity index (χ4v) is 4.59. The van der Waals surface area contributed by atoms with E-state index < -0.39 is 5.97 Å². The number of benzene rings is 3. The molecule has 0 N–H and O–H groups in total. The first kappa shape index (κ1) is 27.2. The molecule has 0 radical (unpaired) electrons. The molecule has 0 fully saturated rings. The molecule has 3 aromatic rings. The molecule has 35 heavy (non-hydrogen) atoms. The predicted octanol–water partition coefficient (Wildman–Crippen LogP) is 9.40. The number of alkyl halides is 1. The van der Waals surface area contributed by atoms with Crippen LogP contribution >= 0.6 is 15.9 Å². The van der Waals surface area contributed by atoms with E-state index in [0.29, 0.717) is 12.2 Å². The van der Waals surface area contributed by atoms with Gasteiger partial charge in [0.2, 0.25) is 0 Å². The van der Waals surface area contributed by atoms with Crippen LogP contribution in [0.4, 0.5) is 0 Å². The maximum absolute atomic E-state index is 12.7. The Morgan fingerprint density at radius 1 is 0.571 bits per heavy atom. The zero-order valence-corrected chi connectivity index (χ0v) is 22.2. The van der Waals surface area contributed by atoms with Gasteiger partial charge in [0.05, 0.1) is 12.2 Å². The molecule has 0 aliphatic heterocycles. The SMILES string of the molecule is O=C(OOCCCCCCCCCCCCBr)c1ccccc1-c1ccc(-c2ccccc2)cc1. The van der Waals surface area contributed by atoms with Gasteiger partial charge in [-0.3, -0.25) is 4.89 Å². The van der Waals surface area contributed by atoms with Crippen molar-refractivity contribution >= 4 is 21.9 Å². The second-order valence-electron chi connectivity index (χ2n) is 8.91. The van der Waals surface area contributed by atoms with E-state index >= 15 is 0 Å². The Labute approximate surface area is 218 Å². The summed E-state index contributed by atoms with van der Waals surface area (Å²) < 4.78 is 0. The maximum Gasteiger partial charge on any atom is 0.373 e. The second kappa shape index (κ2) is 16.3. The van der Waals surface area contributed by atoms with Crippen molar-refractivity contribution in [3.05, 3.63) is 84.4 Å². The van der Waals surface area contributed by atoms with Crippen molar-refractivity contribution in [2.24, 2.45) is 0 Å². The molecular weight excluding hydrogens is 500 g/mol. The fraction of sp³-hybridized carbons (Fsp3) is 0.387. The van der Waals surface area contributed by atoms with E-state index in [2.05, 4.69) is 40.2 Å². The van der Waals surface area contributed by atoms with Gasteiger partial charge in [-0.1, -0.05) is 140 Å². The van der Waals surface area contributed by atoms with E-state index in [-0.39, 0.29) is 0 Å². The summed E-state index contributed by atoms with van der Waals surface area (Å²) in [5.41, 5.74) is 4.63. The number of hydrogen-bond acceptors (Lipinski definition) is 3. The molecule has 186 valence electrons. The molecule has 4 heteroatoms. The molecule has 0 amide bonds. The second-order valence-corrected chi connectivity index (χ2v) is 9.70. The third-order valence-corrected chi connectivity index (χ3v) is 6.76. The molecule has 0 spiro atoms. The van der Waals surface area contributed by atoms with Crippen LogP contribution in [0.15, 0.2) is 78.9 Å². The molecule has 0 saturated heterocycles. The van der Waals surface area contributed by atoms with E-state index in [9.17, 15) is 4.79 Å². The summed E-state index contributed by atoms with van der Waals surface area (Å²) in [7, 11) is 0. The van der Waals surface area contributed by atoms with E-state index in [1.807, 2.05) is 48.5 Å². The lowest BCUT2D eigenvalue weighted by Gasteiger charge is -2.10. The minimum absolute atomic E-state index is 0.437. The first-order chi connectivity index (χ1) is 17.3. The van der Waals surface area contributed by atoms with Gasteiger partial charge >= 0.3 is 5.97 Å². The van der Waals surface area contributed by atoms with Crippen molar-refractivity contribution in [1.82, 2.24) is 0 Å². The number of unbranched alkanes of at least 4 members (excludes halogenated alkanes) is 9. The summed E-state index contributed by atoms with van der Waals surface area (Å²) in [4.78, 5) is 23.1. The van der Waals surface area contributed by atoms with Gasteiger partial charge in [-0.25, -0.2) is 4.79 Å². The van der Waals surface area contributed by atoms with Crippen LogP contribution in [-0.2, 0) is 9.78 Å². The Kier molecular flexibility index (Phi) is 12.6. The Hall–Kier alpha value is -2.43. The predicted molar refractivity (Wildman–Crippen MR) is 149 cm³/mol. The van der Waals surface area contributed by atoms with Crippen LogP contribution in [0.5, 0.6) is 0 Å². The molecule has 0 atom stereocenters. The first-order valence-corrected chi connectivity index (χ1v) is 14.1. The number of carbonyl (C=O) groups excluding carboxylic acids is 1. The molecule has 0 aliphatic rings. The zero-order chi connectivity index (χ0) is 24.6. The van der Waals surface area contributed by atoms with Crippen molar-refractivity contribution in [2.45, 2.75) is 64.2 Å². The lowest BCUT2D eigenvalue weighted by molar-refractivity contribution is -0.241. The van der Waals surface area contributed by atoms with Crippen molar-refractivity contribution in [2.75, 3.05) is 11.9 Å². The summed E-state index contributed by atoms with van der Waals surface area (Å²) in [6.45, 7) is 0.437. The molecule has 3 rings (SSSR count). The van der Waals surface area contributed by atoms with Crippen LogP contribution in [0.25, 0.3) is 22.3 Å². The highest BCUT2D eigenvalue weighted by atomic mass is 79.9. The van der Waals surface area contributed by atoms with E-state index in [0.717, 1.165) is 34.9 Å². The van der Waals surface area contributed by atoms with E-state index in [4.69, 9.17) is 9.78 Å². The average molecular weight is 538 g/mol. The largest absolute Gasteiger partial charge is 0.373 e. The summed E-state index contributed by atoms with van der Waals surface area (Å²) in [6.07, 6.45) is 12.5. The van der Waals surface area contributed by atoms with Crippen LogP contribution in [-0.4, -0.2) is 17.9 Å². The highest BCUT2D eigenvalue weighted by Gasteiger charge is 2.15. The molecule has 0 unspecified atom stereocenters. The highest BCUT2D eigenvalue weighted by Crippen LogP contribution is 2.27. The van der Waals surface area contributed by atoms with Gasteiger partial charge in [0.1, 0.15) is 0 Å². The molecule has 0 aliphatic carbocycles. The average Bonchev–Trinajstić information content (AvgIpc) is 2.92. The Bertz CT molecular complexity index is 986. The lowest BCUT2D eigenvalue weighted by Crippen LogP contribution is -2.08. The lowest BCUT2D eigenvalue weighted by atomic mass is 9.97. The van der Waals surface area contributed by atoms with Crippen LogP contribution < -0.4 is 0 Å². The van der Waals surface area contributed by atoms with Gasteiger partial charge in [0.15, 0.2) is 0 Å². The van der Waals surface area contributed by atoms with Crippen LogP contribution in [0.3, 0.4) is 0 Å². The van der Waals surface area contributed by atoms with E-state index in [1.165, 1.54) is 56.9 Å². The van der Waals surface area contributed by atoms with Crippen molar-refractivity contribution in [3.8, 4) is 22.3 Å². The zero-order valence-electron chi connectivity index (χ0n) is 20.6. The summed E-state index contributed by atoms with van der Waals surface area (Å²) >= 11 is 3.48. The quantitative estimate of drug-likeness (QED) is 0.0790. The summed E-state index contributed by atoms with van der Waals surface area (Å²) in [6, 6.07) is 26.0. The number of halogens is 1. The van der Waals surface area contributed by atoms with Crippen molar-refractivity contribution < 1.29 is 14.6 Å². The first-order valence-electron chi connectivity index (χ1n) is 12.9. The molecule has 0 bridgehead atoms. The van der Waals surface area contributed by atoms with Crippen LogP contribution in [0, 0.1) is 0 Å². The summed E-state index contributed by atoms with van der Waals surface area (Å²) in [5, 5.41) is 1.12. The van der Waals surface area contributed by atoms with Crippen LogP contribution in [0.1, 0.15) is 74.6 Å². The van der Waals surface area contributed by atoms with Gasteiger partial charge in [-0.2, -0.15) is 4.89 Å². The van der Waals surface area contributed by atoms with Gasteiger partial charge in [-0.05, 0) is 41.2 Å². The molecular formula is C31H37BrO3. The number of hydrogen-bond donors (Lipinski definition) is 0. The monoisotopic (exact) mass is 536 g/mol. The molecule has 0 saturated carbocycles. The van der Waals surface area contributed by atoms with E-state index in [1.54, 1.807) is 6.07 Å². The Balaban J connectivity index is 1.37. The fourth-order valence-electron chi connectivity index (χ4n) is 4.20. The Morgan fingerprint density at radius 3 is 1.74 bits per heavy atom. The molecule has 3 nitrogen and oxygen atoms in total. The smallest absolute Gasteiger partial charge is 0.293 e. The van der Waals surface area contributed by atoms with Gasteiger partial charge in [0, 0.05) is 5.33 Å². The van der Waals surface area contributed by atoms with Crippen molar-refractivity contribution in [3.63, 3.8) is 0 Å².